The molecular formula is C15H24N2. The Kier molecular flexibility index (Phi) is 3.85. The van der Waals surface area contributed by atoms with Crippen molar-refractivity contribution in [2.45, 2.75) is 51.2 Å². The van der Waals surface area contributed by atoms with Gasteiger partial charge in [0.2, 0.25) is 0 Å². The smallest absolute Gasteiger partial charge is 0.0459 e. The molecule has 1 aromatic carbocycles. The number of nitrogens with two attached hydrogens (primary N) is 1. The Bertz CT molecular complexity index is 371. The number of hydrogen-bond donors (Lipinski definition) is 1. The van der Waals surface area contributed by atoms with Crippen LogP contribution in [0, 0.1) is 0 Å². The minimum atomic E-state index is 0.178. The van der Waals surface area contributed by atoms with E-state index in [1.54, 1.807) is 0 Å². The van der Waals surface area contributed by atoms with Crippen LogP contribution < -0.4 is 5.73 Å². The molecular weight excluding hydrogens is 208 g/mol. The first kappa shape index (κ1) is 12.6. The highest BCUT2D eigenvalue weighted by atomic mass is 15.2. The first-order valence-corrected chi connectivity index (χ1v) is 6.74. The second-order valence-electron chi connectivity index (χ2n) is 5.13. The van der Waals surface area contributed by atoms with Gasteiger partial charge in [-0.25, -0.2) is 0 Å². The summed E-state index contributed by atoms with van der Waals surface area (Å²) in [5.74, 6) is 0. The Morgan fingerprint density at radius 3 is 2.53 bits per heavy atom. The average molecular weight is 232 g/mol. The summed E-state index contributed by atoms with van der Waals surface area (Å²) in [6, 6.07) is 9.91. The van der Waals surface area contributed by atoms with Crippen molar-refractivity contribution in [3.05, 3.63) is 35.4 Å². The minimum absolute atomic E-state index is 0.178. The molecule has 0 fully saturated rings. The van der Waals surface area contributed by atoms with Gasteiger partial charge in [0.25, 0.3) is 0 Å². The molecule has 17 heavy (non-hydrogen) atoms. The van der Waals surface area contributed by atoms with Crippen molar-refractivity contribution in [1.82, 2.24) is 4.90 Å². The lowest BCUT2D eigenvalue weighted by Crippen LogP contribution is -2.44. The van der Waals surface area contributed by atoms with E-state index in [-0.39, 0.29) is 6.04 Å². The molecule has 0 heterocycles. The Morgan fingerprint density at radius 2 is 1.94 bits per heavy atom. The van der Waals surface area contributed by atoms with Crippen molar-refractivity contribution in [3.63, 3.8) is 0 Å². The van der Waals surface area contributed by atoms with E-state index >= 15 is 0 Å². The standard InChI is InChI=1S/C15H24N2/c1-4-12(5-2)17(3)14-10-11-8-6-7-9-13(11)15(14)16/h6-9,12,14-15H,4-5,10,16H2,1-3H3. The van der Waals surface area contributed by atoms with Crippen LogP contribution in [-0.2, 0) is 6.42 Å². The van der Waals surface area contributed by atoms with Crippen molar-refractivity contribution in [1.29, 1.82) is 0 Å². The maximum atomic E-state index is 6.40. The highest BCUT2D eigenvalue weighted by Gasteiger charge is 2.33. The summed E-state index contributed by atoms with van der Waals surface area (Å²) in [6.45, 7) is 4.52. The summed E-state index contributed by atoms with van der Waals surface area (Å²) in [4.78, 5) is 2.49. The predicted molar refractivity (Wildman–Crippen MR) is 73.0 cm³/mol. The molecule has 2 unspecified atom stereocenters. The fraction of sp³-hybridized carbons (Fsp3) is 0.600. The van der Waals surface area contributed by atoms with Gasteiger partial charge >= 0.3 is 0 Å². The van der Waals surface area contributed by atoms with Crippen LogP contribution in [0.1, 0.15) is 43.9 Å². The van der Waals surface area contributed by atoms with Crippen LogP contribution in [0.15, 0.2) is 24.3 Å². The van der Waals surface area contributed by atoms with Gasteiger partial charge in [-0.05, 0) is 37.4 Å². The lowest BCUT2D eigenvalue weighted by atomic mass is 10.0. The number of benzene rings is 1. The van der Waals surface area contributed by atoms with E-state index in [9.17, 15) is 0 Å². The van der Waals surface area contributed by atoms with E-state index < -0.39 is 0 Å². The van der Waals surface area contributed by atoms with Crippen LogP contribution in [0.5, 0.6) is 0 Å². The lowest BCUT2D eigenvalue weighted by Gasteiger charge is -2.34. The fourth-order valence-electron chi connectivity index (χ4n) is 3.14. The summed E-state index contributed by atoms with van der Waals surface area (Å²) in [5.41, 5.74) is 9.17. The molecule has 0 amide bonds. The van der Waals surface area contributed by atoms with Gasteiger partial charge in [-0.3, -0.25) is 4.90 Å². The molecule has 2 N–H and O–H groups in total. The van der Waals surface area contributed by atoms with E-state index in [1.807, 2.05) is 0 Å². The van der Waals surface area contributed by atoms with Crippen molar-refractivity contribution in [2.75, 3.05) is 7.05 Å². The van der Waals surface area contributed by atoms with Gasteiger partial charge in [0.05, 0.1) is 0 Å². The van der Waals surface area contributed by atoms with E-state index in [0.29, 0.717) is 12.1 Å². The molecule has 94 valence electrons. The van der Waals surface area contributed by atoms with Gasteiger partial charge in [0, 0.05) is 18.1 Å². The SMILES string of the molecule is CCC(CC)N(C)C1Cc2ccccc2C1N. The van der Waals surface area contributed by atoms with Crippen molar-refractivity contribution >= 4 is 0 Å². The molecule has 2 heteroatoms. The molecule has 0 saturated carbocycles. The monoisotopic (exact) mass is 232 g/mol. The molecule has 1 aliphatic carbocycles. The molecule has 0 saturated heterocycles. The summed E-state index contributed by atoms with van der Waals surface area (Å²) in [5, 5.41) is 0. The number of fused-ring (bicyclic) bond motifs is 1. The van der Waals surface area contributed by atoms with Gasteiger partial charge in [0.15, 0.2) is 0 Å². The van der Waals surface area contributed by atoms with Crippen LogP contribution in [0.4, 0.5) is 0 Å². The predicted octanol–water partition coefficient (Wildman–Crippen LogP) is 2.73. The van der Waals surface area contributed by atoms with Gasteiger partial charge in [-0.1, -0.05) is 38.1 Å². The van der Waals surface area contributed by atoms with Crippen LogP contribution in [0.3, 0.4) is 0 Å². The molecule has 1 aromatic rings. The topological polar surface area (TPSA) is 29.3 Å². The first-order valence-electron chi connectivity index (χ1n) is 6.74. The van der Waals surface area contributed by atoms with E-state index in [0.717, 1.165) is 6.42 Å². The first-order chi connectivity index (χ1) is 8.19. The van der Waals surface area contributed by atoms with Gasteiger partial charge in [-0.2, -0.15) is 0 Å². The Balaban J connectivity index is 2.16. The average Bonchev–Trinajstić information content (AvgIpc) is 2.69. The van der Waals surface area contributed by atoms with Crippen molar-refractivity contribution in [3.8, 4) is 0 Å². The highest BCUT2D eigenvalue weighted by molar-refractivity contribution is 5.36. The number of hydrogen-bond acceptors (Lipinski definition) is 2. The van der Waals surface area contributed by atoms with E-state index in [4.69, 9.17) is 5.73 Å². The van der Waals surface area contributed by atoms with E-state index in [1.165, 1.54) is 24.0 Å². The zero-order chi connectivity index (χ0) is 12.4. The van der Waals surface area contributed by atoms with Crippen molar-refractivity contribution in [2.24, 2.45) is 5.73 Å². The third-order valence-corrected chi connectivity index (χ3v) is 4.30. The van der Waals surface area contributed by atoms with Gasteiger partial charge in [0.1, 0.15) is 0 Å². The molecule has 2 atom stereocenters. The molecule has 0 bridgehead atoms. The fourth-order valence-corrected chi connectivity index (χ4v) is 3.14. The lowest BCUT2D eigenvalue weighted by molar-refractivity contribution is 0.150. The highest BCUT2D eigenvalue weighted by Crippen LogP contribution is 2.33. The molecule has 1 aliphatic rings. The third kappa shape index (κ3) is 2.24. The summed E-state index contributed by atoms with van der Waals surface area (Å²) >= 11 is 0. The van der Waals surface area contributed by atoms with Crippen LogP contribution in [-0.4, -0.2) is 24.0 Å². The number of nitrogens with zero attached hydrogens (tertiary/aromatic N) is 1. The Morgan fingerprint density at radius 1 is 1.29 bits per heavy atom. The minimum Gasteiger partial charge on any atom is -0.323 e. The maximum absolute atomic E-state index is 6.40. The third-order valence-electron chi connectivity index (χ3n) is 4.30. The second kappa shape index (κ2) is 5.19. The number of likely N-dealkylation sites (N-methyl/N-ethyl adjacent to an activating group) is 1. The molecule has 0 spiro atoms. The largest absolute Gasteiger partial charge is 0.323 e. The molecule has 0 aliphatic heterocycles. The van der Waals surface area contributed by atoms with Crippen LogP contribution in [0.25, 0.3) is 0 Å². The second-order valence-corrected chi connectivity index (χ2v) is 5.13. The van der Waals surface area contributed by atoms with Gasteiger partial charge < -0.3 is 5.73 Å². The van der Waals surface area contributed by atoms with Crippen LogP contribution >= 0.6 is 0 Å². The molecule has 2 nitrogen and oxygen atoms in total. The maximum Gasteiger partial charge on any atom is 0.0459 e. The molecule has 2 rings (SSSR count). The normalized spacial score (nSPS) is 23.4. The summed E-state index contributed by atoms with van der Waals surface area (Å²) in [6.07, 6.45) is 3.50. The van der Waals surface area contributed by atoms with Gasteiger partial charge in [-0.15, -0.1) is 0 Å². The Hall–Kier alpha value is -0.860. The summed E-state index contributed by atoms with van der Waals surface area (Å²) < 4.78 is 0. The summed E-state index contributed by atoms with van der Waals surface area (Å²) in [7, 11) is 2.23. The van der Waals surface area contributed by atoms with Crippen molar-refractivity contribution < 1.29 is 0 Å². The van der Waals surface area contributed by atoms with Crippen LogP contribution in [0.2, 0.25) is 0 Å². The zero-order valence-electron chi connectivity index (χ0n) is 11.2. The Labute approximate surface area is 105 Å². The number of rotatable bonds is 4. The quantitative estimate of drug-likeness (QED) is 0.865. The van der Waals surface area contributed by atoms with E-state index in [2.05, 4.69) is 50.1 Å². The molecule has 0 radical (unpaired) electrons. The zero-order valence-corrected chi connectivity index (χ0v) is 11.2. The molecule has 0 aromatic heterocycles.